The molecule has 2 N–H and O–H groups in total. The molecule has 0 saturated carbocycles. The van der Waals surface area contributed by atoms with E-state index in [1.54, 1.807) is 0 Å². The summed E-state index contributed by atoms with van der Waals surface area (Å²) in [5.74, 6) is 0.432. The van der Waals surface area contributed by atoms with Crippen LogP contribution in [0.3, 0.4) is 0 Å². The minimum Gasteiger partial charge on any atom is -0.337 e. The van der Waals surface area contributed by atoms with E-state index in [0.717, 1.165) is 60.7 Å². The lowest BCUT2D eigenvalue weighted by Gasteiger charge is -2.28. The van der Waals surface area contributed by atoms with Crippen molar-refractivity contribution in [3.63, 3.8) is 0 Å². The van der Waals surface area contributed by atoms with Crippen LogP contribution in [0.1, 0.15) is 48.7 Å². The van der Waals surface area contributed by atoms with Gasteiger partial charge >= 0.3 is 0 Å². The summed E-state index contributed by atoms with van der Waals surface area (Å²) in [6.07, 6.45) is 0.980. The number of amides is 1. The van der Waals surface area contributed by atoms with Crippen molar-refractivity contribution >= 4 is 23.8 Å². The van der Waals surface area contributed by atoms with Gasteiger partial charge in [-0.3, -0.25) is 19.3 Å². The van der Waals surface area contributed by atoms with Crippen LogP contribution in [0, 0.1) is 19.3 Å². The Hall–Kier alpha value is -3.10. The number of nitrogens with one attached hydrogen (secondary N) is 2. The normalized spacial score (nSPS) is 14.9. The molecular formula is C29H37N5O2S. The highest BCUT2D eigenvalue weighted by Crippen LogP contribution is 2.26. The Bertz CT molecular complexity index is 1290. The highest BCUT2D eigenvalue weighted by Gasteiger charge is 2.23. The average molecular weight is 520 g/mol. The molecule has 8 heteroatoms. The highest BCUT2D eigenvalue weighted by molar-refractivity contribution is 8.00. The molecule has 1 amide bonds. The van der Waals surface area contributed by atoms with E-state index in [1.165, 1.54) is 18.0 Å². The van der Waals surface area contributed by atoms with E-state index in [4.69, 9.17) is 0 Å². The molecule has 7 nitrogen and oxygen atoms in total. The lowest BCUT2D eigenvalue weighted by atomic mass is 9.96. The van der Waals surface area contributed by atoms with Crippen molar-refractivity contribution in [3.8, 4) is 11.3 Å². The van der Waals surface area contributed by atoms with E-state index in [0.29, 0.717) is 17.2 Å². The van der Waals surface area contributed by atoms with Gasteiger partial charge in [0.25, 0.3) is 11.5 Å². The number of hydrogen-bond donors (Lipinski definition) is 2. The zero-order valence-electron chi connectivity index (χ0n) is 22.4. The maximum Gasteiger partial charge on any atom is 0.253 e. The Morgan fingerprint density at radius 2 is 1.76 bits per heavy atom. The Kier molecular flexibility index (Phi) is 8.39. The van der Waals surface area contributed by atoms with Crippen LogP contribution >= 0.6 is 11.9 Å². The van der Waals surface area contributed by atoms with Gasteiger partial charge in [-0.25, -0.2) is 4.98 Å². The first-order valence-electron chi connectivity index (χ1n) is 12.8. The molecule has 1 aliphatic heterocycles. The summed E-state index contributed by atoms with van der Waals surface area (Å²) in [7, 11) is 0. The van der Waals surface area contributed by atoms with E-state index in [-0.39, 0.29) is 16.9 Å². The Labute approximate surface area is 223 Å². The summed E-state index contributed by atoms with van der Waals surface area (Å²) >= 11 is 1.32. The van der Waals surface area contributed by atoms with E-state index < -0.39 is 0 Å². The Morgan fingerprint density at radius 1 is 1.03 bits per heavy atom. The van der Waals surface area contributed by atoms with Gasteiger partial charge < -0.3 is 9.80 Å². The van der Waals surface area contributed by atoms with Crippen molar-refractivity contribution in [2.45, 2.75) is 45.9 Å². The second kappa shape index (κ2) is 11.5. The van der Waals surface area contributed by atoms with Crippen molar-refractivity contribution in [2.24, 2.45) is 5.41 Å². The maximum absolute atomic E-state index is 13.3. The zero-order chi connectivity index (χ0) is 26.6. The lowest BCUT2D eigenvalue weighted by molar-refractivity contribution is 0.0759. The number of nitrogens with zero attached hydrogens (tertiary/aromatic N) is 3. The first-order valence-corrected chi connectivity index (χ1v) is 13.6. The lowest BCUT2D eigenvalue weighted by Crippen LogP contribution is -2.37. The molecular weight excluding hydrogens is 482 g/mol. The summed E-state index contributed by atoms with van der Waals surface area (Å²) in [5.41, 5.74) is 4.43. The first-order chi connectivity index (χ1) is 17.6. The van der Waals surface area contributed by atoms with E-state index >= 15 is 0 Å². The van der Waals surface area contributed by atoms with Gasteiger partial charge in [-0.05, 0) is 73.5 Å². The molecule has 1 aliphatic rings. The quantitative estimate of drug-likeness (QED) is 0.427. The van der Waals surface area contributed by atoms with Crippen LogP contribution in [0.25, 0.3) is 11.3 Å². The zero-order valence-corrected chi connectivity index (χ0v) is 23.2. The fourth-order valence-corrected chi connectivity index (χ4v) is 5.48. The third-order valence-electron chi connectivity index (χ3n) is 6.40. The van der Waals surface area contributed by atoms with E-state index in [2.05, 4.69) is 40.4 Å². The predicted molar refractivity (Wildman–Crippen MR) is 152 cm³/mol. The monoisotopic (exact) mass is 519 g/mol. The molecule has 4 rings (SSSR count). The van der Waals surface area contributed by atoms with Crippen LogP contribution in [0.15, 0.2) is 58.2 Å². The molecule has 0 unspecified atom stereocenters. The van der Waals surface area contributed by atoms with Crippen LogP contribution in [0.2, 0.25) is 0 Å². The Balaban J connectivity index is 1.43. The summed E-state index contributed by atoms with van der Waals surface area (Å²) < 4.78 is 3.15. The first kappa shape index (κ1) is 26.9. The number of aromatic amines is 1. The second-order valence-corrected chi connectivity index (χ2v) is 11.8. The fraction of sp³-hybridized carbons (Fsp3) is 0.414. The molecule has 1 aromatic heterocycles. The van der Waals surface area contributed by atoms with Crippen LogP contribution in [0.4, 0.5) is 5.95 Å². The van der Waals surface area contributed by atoms with Gasteiger partial charge in [-0.2, -0.15) is 0 Å². The average Bonchev–Trinajstić information content (AvgIpc) is 3.06. The number of benzene rings is 2. The number of anilines is 1. The molecule has 0 spiro atoms. The van der Waals surface area contributed by atoms with Crippen molar-refractivity contribution in [2.75, 3.05) is 37.4 Å². The van der Waals surface area contributed by atoms with E-state index in [9.17, 15) is 9.59 Å². The van der Waals surface area contributed by atoms with Crippen molar-refractivity contribution in [3.05, 3.63) is 75.6 Å². The van der Waals surface area contributed by atoms with Gasteiger partial charge in [0.15, 0.2) is 0 Å². The second-order valence-electron chi connectivity index (χ2n) is 11.0. The number of carbonyl (C=O) groups is 1. The standard InChI is InChI=1S/C29H37N5O2S/c1-20-9-6-10-21(2)26(20)24-18-25(35)31-28(30-24)32-37-23-12-7-11-22(17-23)27(36)34-14-8-13-33(15-16-34)19-29(3,4)5/h6-7,9-12,17-18H,8,13-16,19H2,1-5H3,(H2,30,31,32,35). The van der Waals surface area contributed by atoms with E-state index in [1.807, 2.05) is 61.2 Å². The van der Waals surface area contributed by atoms with Crippen molar-refractivity contribution in [1.29, 1.82) is 0 Å². The topological polar surface area (TPSA) is 81.3 Å². The molecule has 2 heterocycles. The summed E-state index contributed by atoms with van der Waals surface area (Å²) in [6, 6.07) is 15.1. The van der Waals surface area contributed by atoms with Crippen LogP contribution < -0.4 is 10.3 Å². The number of hydrogen-bond acceptors (Lipinski definition) is 6. The summed E-state index contributed by atoms with van der Waals surface area (Å²) in [4.78, 5) is 38.4. The fourth-order valence-electron chi connectivity index (χ4n) is 4.84. The van der Waals surface area contributed by atoms with Crippen LogP contribution in [0.5, 0.6) is 0 Å². The van der Waals surface area contributed by atoms with Gasteiger partial charge in [0.05, 0.1) is 5.69 Å². The molecule has 0 atom stereocenters. The number of rotatable bonds is 6. The van der Waals surface area contributed by atoms with Crippen LogP contribution in [-0.4, -0.2) is 58.4 Å². The predicted octanol–water partition coefficient (Wildman–Crippen LogP) is 5.37. The molecule has 0 radical (unpaired) electrons. The highest BCUT2D eigenvalue weighted by atomic mass is 32.2. The molecule has 0 aliphatic carbocycles. The summed E-state index contributed by atoms with van der Waals surface area (Å²) in [5, 5.41) is 0. The van der Waals surface area contributed by atoms with Gasteiger partial charge in [0.1, 0.15) is 0 Å². The maximum atomic E-state index is 13.3. The van der Waals surface area contributed by atoms with Crippen LogP contribution in [-0.2, 0) is 0 Å². The third-order valence-corrected chi connectivity index (χ3v) is 7.18. The minimum atomic E-state index is -0.221. The summed E-state index contributed by atoms with van der Waals surface area (Å²) in [6.45, 7) is 15.3. The number of aromatic nitrogens is 2. The van der Waals surface area contributed by atoms with Gasteiger partial charge in [0.2, 0.25) is 5.95 Å². The molecule has 196 valence electrons. The number of carbonyl (C=O) groups excluding carboxylic acids is 1. The molecule has 1 saturated heterocycles. The molecule has 37 heavy (non-hydrogen) atoms. The SMILES string of the molecule is Cc1cccc(C)c1-c1cc(=O)[nH]c(NSc2cccc(C(=O)N3CCCN(CC(C)(C)C)CC3)c2)n1. The van der Waals surface area contributed by atoms with Gasteiger partial charge in [-0.1, -0.05) is 45.0 Å². The minimum absolute atomic E-state index is 0.0589. The smallest absolute Gasteiger partial charge is 0.253 e. The largest absolute Gasteiger partial charge is 0.337 e. The molecule has 3 aromatic rings. The molecule has 1 fully saturated rings. The Morgan fingerprint density at radius 3 is 2.49 bits per heavy atom. The number of aryl methyl sites for hydroxylation is 2. The van der Waals surface area contributed by atoms with Gasteiger partial charge in [0, 0.05) is 48.3 Å². The third kappa shape index (κ3) is 7.23. The molecule has 0 bridgehead atoms. The molecule has 2 aromatic carbocycles. The van der Waals surface area contributed by atoms with Gasteiger partial charge in [-0.15, -0.1) is 0 Å². The van der Waals surface area contributed by atoms with Crippen molar-refractivity contribution < 1.29 is 4.79 Å². The van der Waals surface area contributed by atoms with Crippen molar-refractivity contribution in [1.82, 2.24) is 19.8 Å². The number of H-pyrrole nitrogens is 1.